The summed E-state index contributed by atoms with van der Waals surface area (Å²) in [7, 11) is 1.77. The van der Waals surface area contributed by atoms with Crippen molar-refractivity contribution in [1.82, 2.24) is 10.2 Å². The summed E-state index contributed by atoms with van der Waals surface area (Å²) in [5.41, 5.74) is 0. The minimum atomic E-state index is -0.0542. The van der Waals surface area contributed by atoms with E-state index in [1.807, 2.05) is 25.3 Å². The summed E-state index contributed by atoms with van der Waals surface area (Å²) in [6.07, 6.45) is 0. The van der Waals surface area contributed by atoms with E-state index < -0.39 is 0 Å². The molecule has 0 saturated carbocycles. The Balaban J connectivity index is 2.37. The van der Waals surface area contributed by atoms with Crippen molar-refractivity contribution in [3.05, 3.63) is 22.4 Å². The highest BCUT2D eigenvalue weighted by atomic mass is 32.1. The van der Waals surface area contributed by atoms with Crippen molar-refractivity contribution in [3.63, 3.8) is 0 Å². The van der Waals surface area contributed by atoms with Gasteiger partial charge in [-0.3, -0.25) is 14.5 Å². The van der Waals surface area contributed by atoms with Crippen LogP contribution in [0.5, 0.6) is 0 Å². The van der Waals surface area contributed by atoms with Crippen LogP contribution in [0.2, 0.25) is 0 Å². The van der Waals surface area contributed by atoms with E-state index in [1.165, 1.54) is 11.3 Å². The Morgan fingerprint density at radius 1 is 1.41 bits per heavy atom. The number of hydrogen-bond donors (Lipinski definition) is 1. The first-order chi connectivity index (χ1) is 7.99. The third-order valence-corrected chi connectivity index (χ3v) is 2.98. The Hall–Kier alpha value is -1.20. The number of Topliss-reactive ketones (excluding diaryl/α,β-unsaturated/α-hetero) is 1. The lowest BCUT2D eigenvalue weighted by Crippen LogP contribution is -2.40. The van der Waals surface area contributed by atoms with Crippen molar-refractivity contribution in [2.45, 2.75) is 19.9 Å². The third-order valence-electron chi connectivity index (χ3n) is 2.07. The van der Waals surface area contributed by atoms with Crippen molar-refractivity contribution >= 4 is 23.0 Å². The van der Waals surface area contributed by atoms with Crippen LogP contribution in [0.1, 0.15) is 23.5 Å². The molecular formula is C12H18N2O2S. The van der Waals surface area contributed by atoms with Gasteiger partial charge in [0.2, 0.25) is 5.91 Å². The monoisotopic (exact) mass is 254 g/mol. The van der Waals surface area contributed by atoms with Gasteiger partial charge in [-0.25, -0.2) is 0 Å². The fourth-order valence-electron chi connectivity index (χ4n) is 1.43. The van der Waals surface area contributed by atoms with Gasteiger partial charge in [-0.1, -0.05) is 6.07 Å². The molecule has 4 nitrogen and oxygen atoms in total. The average molecular weight is 254 g/mol. The van der Waals surface area contributed by atoms with Crippen molar-refractivity contribution in [2.24, 2.45) is 0 Å². The number of ketones is 1. The quantitative estimate of drug-likeness (QED) is 0.780. The molecule has 1 aromatic heterocycles. The summed E-state index contributed by atoms with van der Waals surface area (Å²) in [5, 5.41) is 4.67. The molecule has 0 aliphatic heterocycles. The third kappa shape index (κ3) is 5.10. The first kappa shape index (κ1) is 13.9. The molecule has 1 N–H and O–H groups in total. The van der Waals surface area contributed by atoms with Crippen LogP contribution in [0, 0.1) is 0 Å². The summed E-state index contributed by atoms with van der Waals surface area (Å²) in [6.45, 7) is 4.34. The maximum Gasteiger partial charge on any atom is 0.234 e. The zero-order valence-electron chi connectivity index (χ0n) is 10.4. The second-order valence-corrected chi connectivity index (χ2v) is 5.24. The SMILES string of the molecule is CC(C)NC(=O)CN(C)CC(=O)c1cccs1. The molecule has 0 aromatic carbocycles. The Kier molecular flexibility index (Phi) is 5.31. The molecule has 0 aliphatic carbocycles. The van der Waals surface area contributed by atoms with Crippen LogP contribution >= 0.6 is 11.3 Å². The predicted molar refractivity (Wildman–Crippen MR) is 69.4 cm³/mol. The zero-order chi connectivity index (χ0) is 12.8. The lowest BCUT2D eigenvalue weighted by molar-refractivity contribution is -0.122. The molecule has 0 atom stereocenters. The van der Waals surface area contributed by atoms with E-state index >= 15 is 0 Å². The van der Waals surface area contributed by atoms with Gasteiger partial charge in [-0.05, 0) is 32.3 Å². The van der Waals surface area contributed by atoms with Gasteiger partial charge in [0.05, 0.1) is 18.0 Å². The van der Waals surface area contributed by atoms with Crippen LogP contribution in [0.3, 0.4) is 0 Å². The molecule has 0 saturated heterocycles. The summed E-state index contributed by atoms with van der Waals surface area (Å²) >= 11 is 1.43. The van der Waals surface area contributed by atoms with Crippen molar-refractivity contribution in [1.29, 1.82) is 0 Å². The average Bonchev–Trinajstić information content (AvgIpc) is 2.67. The highest BCUT2D eigenvalue weighted by molar-refractivity contribution is 7.12. The van der Waals surface area contributed by atoms with Crippen LogP contribution in [0.25, 0.3) is 0 Å². The van der Waals surface area contributed by atoms with Crippen LogP contribution in [-0.4, -0.2) is 42.8 Å². The lowest BCUT2D eigenvalue weighted by atomic mass is 10.3. The van der Waals surface area contributed by atoms with Crippen LogP contribution in [-0.2, 0) is 4.79 Å². The van der Waals surface area contributed by atoms with Crippen molar-refractivity contribution in [2.75, 3.05) is 20.1 Å². The number of nitrogens with one attached hydrogen (secondary N) is 1. The Morgan fingerprint density at radius 2 is 2.12 bits per heavy atom. The smallest absolute Gasteiger partial charge is 0.234 e. The topological polar surface area (TPSA) is 49.4 Å². The van der Waals surface area contributed by atoms with Gasteiger partial charge in [-0.15, -0.1) is 11.3 Å². The first-order valence-corrected chi connectivity index (χ1v) is 6.41. The molecule has 1 aromatic rings. The number of carbonyl (C=O) groups is 2. The maximum absolute atomic E-state index is 11.8. The Bertz CT molecular complexity index is 374. The molecule has 5 heteroatoms. The second kappa shape index (κ2) is 6.51. The standard InChI is InChI=1S/C12H18N2O2S/c1-9(2)13-12(16)8-14(3)7-10(15)11-5-4-6-17-11/h4-6,9H,7-8H2,1-3H3,(H,13,16). The highest BCUT2D eigenvalue weighted by Crippen LogP contribution is 2.09. The molecule has 17 heavy (non-hydrogen) atoms. The molecule has 1 rings (SSSR count). The zero-order valence-corrected chi connectivity index (χ0v) is 11.2. The molecule has 0 fully saturated rings. The molecule has 0 aliphatic rings. The van der Waals surface area contributed by atoms with Gasteiger partial charge in [0.25, 0.3) is 0 Å². The lowest BCUT2D eigenvalue weighted by Gasteiger charge is -2.16. The molecular weight excluding hydrogens is 236 g/mol. The number of thiophene rings is 1. The van der Waals surface area contributed by atoms with E-state index in [9.17, 15) is 9.59 Å². The normalized spacial score (nSPS) is 10.9. The Labute approximate surface area is 106 Å². The summed E-state index contributed by atoms with van der Waals surface area (Å²) < 4.78 is 0. The molecule has 1 amide bonds. The van der Waals surface area contributed by atoms with Crippen molar-refractivity contribution in [3.8, 4) is 0 Å². The minimum Gasteiger partial charge on any atom is -0.353 e. The van der Waals surface area contributed by atoms with Gasteiger partial charge in [0.1, 0.15) is 0 Å². The number of amides is 1. The van der Waals surface area contributed by atoms with E-state index in [-0.39, 0.29) is 30.8 Å². The van der Waals surface area contributed by atoms with Gasteiger partial charge in [0, 0.05) is 6.04 Å². The largest absolute Gasteiger partial charge is 0.353 e. The number of hydrogen-bond acceptors (Lipinski definition) is 4. The highest BCUT2D eigenvalue weighted by Gasteiger charge is 2.13. The van der Waals surface area contributed by atoms with E-state index in [4.69, 9.17) is 0 Å². The fourth-order valence-corrected chi connectivity index (χ4v) is 2.09. The minimum absolute atomic E-state index is 0.0542. The summed E-state index contributed by atoms with van der Waals surface area (Å²) in [4.78, 5) is 25.7. The molecule has 0 unspecified atom stereocenters. The summed E-state index contributed by atoms with van der Waals surface area (Å²) in [6, 6.07) is 3.78. The predicted octanol–water partition coefficient (Wildman–Crippen LogP) is 1.39. The van der Waals surface area contributed by atoms with Crippen LogP contribution < -0.4 is 5.32 Å². The van der Waals surface area contributed by atoms with E-state index in [2.05, 4.69) is 5.32 Å². The van der Waals surface area contributed by atoms with E-state index in [0.29, 0.717) is 0 Å². The number of rotatable bonds is 6. The maximum atomic E-state index is 11.8. The van der Waals surface area contributed by atoms with Crippen LogP contribution in [0.15, 0.2) is 17.5 Å². The molecule has 1 heterocycles. The second-order valence-electron chi connectivity index (χ2n) is 4.29. The van der Waals surface area contributed by atoms with E-state index in [1.54, 1.807) is 18.0 Å². The Morgan fingerprint density at radius 3 is 2.65 bits per heavy atom. The number of likely N-dealkylation sites (N-methyl/N-ethyl adjacent to an activating group) is 1. The van der Waals surface area contributed by atoms with Crippen LogP contribution in [0.4, 0.5) is 0 Å². The molecule has 0 bridgehead atoms. The van der Waals surface area contributed by atoms with Crippen molar-refractivity contribution < 1.29 is 9.59 Å². The fraction of sp³-hybridized carbons (Fsp3) is 0.500. The summed E-state index contributed by atoms with van der Waals surface area (Å²) in [5.74, 6) is 0.00123. The van der Waals surface area contributed by atoms with Gasteiger partial charge in [0.15, 0.2) is 5.78 Å². The number of nitrogens with zero attached hydrogens (tertiary/aromatic N) is 1. The molecule has 94 valence electrons. The first-order valence-electron chi connectivity index (χ1n) is 5.53. The van der Waals surface area contributed by atoms with Gasteiger partial charge < -0.3 is 5.32 Å². The van der Waals surface area contributed by atoms with E-state index in [0.717, 1.165) is 4.88 Å². The van der Waals surface area contributed by atoms with Gasteiger partial charge >= 0.3 is 0 Å². The molecule has 0 radical (unpaired) electrons. The number of carbonyl (C=O) groups excluding carboxylic acids is 2. The molecule has 0 spiro atoms. The van der Waals surface area contributed by atoms with Gasteiger partial charge in [-0.2, -0.15) is 0 Å².